The van der Waals surface area contributed by atoms with Crippen LogP contribution in [0.1, 0.15) is 36.7 Å². The molecule has 1 aliphatic heterocycles. The zero-order chi connectivity index (χ0) is 14.9. The molecule has 1 amide bonds. The zero-order valence-electron chi connectivity index (χ0n) is 12.5. The predicted octanol–water partition coefficient (Wildman–Crippen LogP) is 3.04. The minimum Gasteiger partial charge on any atom is -0.444 e. The van der Waals surface area contributed by atoms with Gasteiger partial charge in [-0.05, 0) is 27.7 Å². The molecule has 108 valence electrons. The summed E-state index contributed by atoms with van der Waals surface area (Å²) in [6, 6.07) is 7.54. The first-order valence-electron chi connectivity index (χ1n) is 6.85. The standard InChI is InChI=1S/C16H21NO3/c1-11-5-7-12(8-6-11)14(18)13-9-17(10-13)15(19)20-16(2,3)4/h5-8,13H,9-10H2,1-4H3. The molecule has 1 aromatic carbocycles. The summed E-state index contributed by atoms with van der Waals surface area (Å²) in [6.45, 7) is 8.38. The third-order valence-corrected chi connectivity index (χ3v) is 3.24. The summed E-state index contributed by atoms with van der Waals surface area (Å²) >= 11 is 0. The number of rotatable bonds is 2. The van der Waals surface area contributed by atoms with Gasteiger partial charge < -0.3 is 9.64 Å². The summed E-state index contributed by atoms with van der Waals surface area (Å²) in [4.78, 5) is 25.6. The Bertz CT molecular complexity index is 508. The summed E-state index contributed by atoms with van der Waals surface area (Å²) < 4.78 is 5.27. The van der Waals surface area contributed by atoms with Crippen LogP contribution in [0.4, 0.5) is 4.79 Å². The molecule has 0 aliphatic carbocycles. The molecule has 0 atom stereocenters. The van der Waals surface area contributed by atoms with E-state index in [0.29, 0.717) is 18.7 Å². The lowest BCUT2D eigenvalue weighted by molar-refractivity contribution is 0.00149. The van der Waals surface area contributed by atoms with Crippen molar-refractivity contribution < 1.29 is 14.3 Å². The van der Waals surface area contributed by atoms with Gasteiger partial charge in [0, 0.05) is 18.7 Å². The Morgan fingerprint density at radius 2 is 1.70 bits per heavy atom. The molecular formula is C16H21NO3. The Hall–Kier alpha value is -1.84. The number of amides is 1. The molecule has 0 saturated carbocycles. The molecule has 0 aromatic heterocycles. The fourth-order valence-corrected chi connectivity index (χ4v) is 2.07. The van der Waals surface area contributed by atoms with Crippen LogP contribution in [0.25, 0.3) is 0 Å². The highest BCUT2D eigenvalue weighted by Gasteiger charge is 2.37. The average Bonchev–Trinajstić information content (AvgIpc) is 2.25. The van der Waals surface area contributed by atoms with Gasteiger partial charge in [0.15, 0.2) is 5.78 Å². The van der Waals surface area contributed by atoms with E-state index in [-0.39, 0.29) is 17.8 Å². The number of carbonyl (C=O) groups excluding carboxylic acids is 2. The van der Waals surface area contributed by atoms with E-state index in [4.69, 9.17) is 4.74 Å². The van der Waals surface area contributed by atoms with Crippen molar-refractivity contribution >= 4 is 11.9 Å². The van der Waals surface area contributed by atoms with Gasteiger partial charge in [-0.15, -0.1) is 0 Å². The SMILES string of the molecule is Cc1ccc(C(=O)C2CN(C(=O)OC(C)(C)C)C2)cc1. The normalized spacial score (nSPS) is 15.7. The third-order valence-electron chi connectivity index (χ3n) is 3.24. The fraction of sp³-hybridized carbons (Fsp3) is 0.500. The smallest absolute Gasteiger partial charge is 0.410 e. The minimum absolute atomic E-state index is 0.102. The molecule has 0 radical (unpaired) electrons. The molecule has 1 saturated heterocycles. The second-order valence-electron chi connectivity index (χ2n) is 6.31. The maximum Gasteiger partial charge on any atom is 0.410 e. The maximum absolute atomic E-state index is 12.2. The first-order chi connectivity index (χ1) is 9.26. The highest BCUT2D eigenvalue weighted by molar-refractivity contribution is 5.99. The van der Waals surface area contributed by atoms with E-state index < -0.39 is 5.60 Å². The van der Waals surface area contributed by atoms with Crippen LogP contribution in [0, 0.1) is 12.8 Å². The van der Waals surface area contributed by atoms with Crippen LogP contribution in [0.5, 0.6) is 0 Å². The molecule has 20 heavy (non-hydrogen) atoms. The fourth-order valence-electron chi connectivity index (χ4n) is 2.07. The Labute approximate surface area is 119 Å². The van der Waals surface area contributed by atoms with E-state index in [2.05, 4.69) is 0 Å². The number of hydrogen-bond acceptors (Lipinski definition) is 3. The molecule has 4 nitrogen and oxygen atoms in total. The second-order valence-corrected chi connectivity index (χ2v) is 6.31. The lowest BCUT2D eigenvalue weighted by atomic mass is 9.91. The van der Waals surface area contributed by atoms with Gasteiger partial charge in [-0.25, -0.2) is 4.79 Å². The van der Waals surface area contributed by atoms with Gasteiger partial charge in [0.05, 0.1) is 5.92 Å². The lowest BCUT2D eigenvalue weighted by Crippen LogP contribution is -2.54. The first-order valence-corrected chi connectivity index (χ1v) is 6.85. The molecule has 0 spiro atoms. The molecule has 0 unspecified atom stereocenters. The van der Waals surface area contributed by atoms with Crippen LogP contribution in [0.2, 0.25) is 0 Å². The van der Waals surface area contributed by atoms with Gasteiger partial charge in [0.25, 0.3) is 0 Å². The minimum atomic E-state index is -0.497. The highest BCUT2D eigenvalue weighted by atomic mass is 16.6. The Morgan fingerprint density at radius 3 is 2.20 bits per heavy atom. The zero-order valence-corrected chi connectivity index (χ0v) is 12.5. The van der Waals surface area contributed by atoms with Crippen LogP contribution in [-0.2, 0) is 4.74 Å². The molecule has 0 bridgehead atoms. The largest absolute Gasteiger partial charge is 0.444 e. The summed E-state index contributed by atoms with van der Waals surface area (Å²) in [5.74, 6) is -0.00460. The van der Waals surface area contributed by atoms with Crippen molar-refractivity contribution in [3.05, 3.63) is 35.4 Å². The van der Waals surface area contributed by atoms with E-state index >= 15 is 0 Å². The van der Waals surface area contributed by atoms with Crippen molar-refractivity contribution in [1.82, 2.24) is 4.90 Å². The average molecular weight is 275 g/mol. The Balaban J connectivity index is 1.88. The molecule has 1 fully saturated rings. The van der Waals surface area contributed by atoms with Crippen LogP contribution >= 0.6 is 0 Å². The maximum atomic E-state index is 12.2. The van der Waals surface area contributed by atoms with Gasteiger partial charge in [-0.1, -0.05) is 29.8 Å². The first kappa shape index (κ1) is 14.6. The summed E-state index contributed by atoms with van der Waals surface area (Å²) in [7, 11) is 0. The number of hydrogen-bond donors (Lipinski definition) is 0. The van der Waals surface area contributed by atoms with Crippen molar-refractivity contribution in [3.8, 4) is 0 Å². The number of carbonyl (C=O) groups is 2. The molecule has 1 aliphatic rings. The highest BCUT2D eigenvalue weighted by Crippen LogP contribution is 2.23. The number of Topliss-reactive ketones (excluding diaryl/α,β-unsaturated/α-hetero) is 1. The molecule has 1 heterocycles. The van der Waals surface area contributed by atoms with E-state index in [9.17, 15) is 9.59 Å². The topological polar surface area (TPSA) is 46.6 Å². The van der Waals surface area contributed by atoms with E-state index in [1.807, 2.05) is 52.0 Å². The number of aryl methyl sites for hydroxylation is 1. The van der Waals surface area contributed by atoms with Gasteiger partial charge in [0.2, 0.25) is 0 Å². The molecule has 1 aromatic rings. The second kappa shape index (κ2) is 5.27. The van der Waals surface area contributed by atoms with Crippen molar-refractivity contribution in [2.45, 2.75) is 33.3 Å². The van der Waals surface area contributed by atoms with Crippen LogP contribution in [-0.4, -0.2) is 35.5 Å². The molecule has 4 heteroatoms. The lowest BCUT2D eigenvalue weighted by Gasteiger charge is -2.38. The van der Waals surface area contributed by atoms with Crippen molar-refractivity contribution in [2.75, 3.05) is 13.1 Å². The number of ether oxygens (including phenoxy) is 1. The van der Waals surface area contributed by atoms with Crippen LogP contribution < -0.4 is 0 Å². The quantitative estimate of drug-likeness (QED) is 0.779. The summed E-state index contributed by atoms with van der Waals surface area (Å²) in [5.41, 5.74) is 1.35. The van der Waals surface area contributed by atoms with Gasteiger partial charge in [0.1, 0.15) is 5.60 Å². The Kier molecular flexibility index (Phi) is 3.84. The van der Waals surface area contributed by atoms with E-state index in [0.717, 1.165) is 5.56 Å². The van der Waals surface area contributed by atoms with Crippen LogP contribution in [0.15, 0.2) is 24.3 Å². The van der Waals surface area contributed by atoms with Gasteiger partial charge in [-0.3, -0.25) is 4.79 Å². The van der Waals surface area contributed by atoms with Crippen molar-refractivity contribution in [2.24, 2.45) is 5.92 Å². The number of ketones is 1. The summed E-state index contributed by atoms with van der Waals surface area (Å²) in [6.07, 6.45) is -0.342. The van der Waals surface area contributed by atoms with Crippen molar-refractivity contribution in [1.29, 1.82) is 0 Å². The predicted molar refractivity (Wildman–Crippen MR) is 76.8 cm³/mol. The molecule has 2 rings (SSSR count). The third kappa shape index (κ3) is 3.38. The van der Waals surface area contributed by atoms with Crippen LogP contribution in [0.3, 0.4) is 0 Å². The molecule has 0 N–H and O–H groups in total. The number of benzene rings is 1. The number of likely N-dealkylation sites (tertiary alicyclic amines) is 1. The van der Waals surface area contributed by atoms with Gasteiger partial charge >= 0.3 is 6.09 Å². The van der Waals surface area contributed by atoms with E-state index in [1.54, 1.807) is 4.90 Å². The van der Waals surface area contributed by atoms with Gasteiger partial charge in [-0.2, -0.15) is 0 Å². The van der Waals surface area contributed by atoms with Crippen molar-refractivity contribution in [3.63, 3.8) is 0 Å². The monoisotopic (exact) mass is 275 g/mol. The number of nitrogens with zero attached hydrogens (tertiary/aromatic N) is 1. The molecular weight excluding hydrogens is 254 g/mol. The Morgan fingerprint density at radius 1 is 1.15 bits per heavy atom. The summed E-state index contributed by atoms with van der Waals surface area (Å²) in [5, 5.41) is 0. The van der Waals surface area contributed by atoms with E-state index in [1.165, 1.54) is 0 Å².